The van der Waals surface area contributed by atoms with Crippen LogP contribution in [0.3, 0.4) is 0 Å². The molecule has 0 saturated heterocycles. The topological polar surface area (TPSA) is 0 Å². The van der Waals surface area contributed by atoms with Crippen LogP contribution in [0.15, 0.2) is 35.8 Å². The summed E-state index contributed by atoms with van der Waals surface area (Å²) in [7, 11) is 0. The van der Waals surface area contributed by atoms with Crippen molar-refractivity contribution in [3.05, 3.63) is 35.8 Å². The molecule has 1 fully saturated rings. The van der Waals surface area contributed by atoms with Crippen LogP contribution < -0.4 is 0 Å². The molecule has 0 spiro atoms. The van der Waals surface area contributed by atoms with E-state index in [1.807, 2.05) is 6.08 Å². The molecule has 0 nitrogen and oxygen atoms in total. The third kappa shape index (κ3) is 2.28. The minimum Gasteiger partial charge on any atom is -0.151 e. The van der Waals surface area contributed by atoms with Crippen LogP contribution in [0.4, 0.5) is 0 Å². The molecule has 1 aliphatic rings. The molecule has 0 aromatic carbocycles. The Balaban J connectivity index is 2.19. The maximum absolute atomic E-state index is 4.00. The molecule has 1 aliphatic carbocycles. The lowest BCUT2D eigenvalue weighted by molar-refractivity contribution is 0.680. The Labute approximate surface area is 80.5 Å². The van der Waals surface area contributed by atoms with Gasteiger partial charge in [-0.1, -0.05) is 37.3 Å². The molecule has 1 rings (SSSR count). The van der Waals surface area contributed by atoms with Crippen molar-refractivity contribution in [3.63, 3.8) is 0 Å². The number of thiol groups is 1. The van der Waals surface area contributed by atoms with Gasteiger partial charge < -0.3 is 0 Å². The van der Waals surface area contributed by atoms with Gasteiger partial charge in [-0.25, -0.2) is 0 Å². The maximum atomic E-state index is 4.00. The molecule has 1 heteroatoms. The van der Waals surface area contributed by atoms with Gasteiger partial charge in [-0.2, -0.15) is 12.6 Å². The average molecular weight is 180 g/mol. The first kappa shape index (κ1) is 9.66. The molecule has 0 heterocycles. The van der Waals surface area contributed by atoms with E-state index >= 15 is 0 Å². The lowest BCUT2D eigenvalue weighted by Crippen LogP contribution is -1.81. The van der Waals surface area contributed by atoms with Crippen LogP contribution in [0.5, 0.6) is 0 Å². The van der Waals surface area contributed by atoms with Crippen LogP contribution >= 0.6 is 12.6 Å². The van der Waals surface area contributed by atoms with Gasteiger partial charge in [0.15, 0.2) is 0 Å². The van der Waals surface area contributed by atoms with Crippen molar-refractivity contribution in [1.82, 2.24) is 0 Å². The van der Waals surface area contributed by atoms with Gasteiger partial charge in [0, 0.05) is 0 Å². The molecule has 0 radical (unpaired) electrons. The second kappa shape index (κ2) is 3.99. The molecule has 0 aromatic rings. The molecule has 0 aliphatic heterocycles. The molecule has 66 valence electrons. The van der Waals surface area contributed by atoms with Gasteiger partial charge in [-0.05, 0) is 30.1 Å². The van der Waals surface area contributed by atoms with Crippen molar-refractivity contribution in [3.8, 4) is 0 Å². The van der Waals surface area contributed by atoms with Crippen LogP contribution in [0.25, 0.3) is 0 Å². The van der Waals surface area contributed by atoms with Crippen molar-refractivity contribution < 1.29 is 0 Å². The average Bonchev–Trinajstić information content (AvgIpc) is 2.58. The summed E-state index contributed by atoms with van der Waals surface area (Å²) in [6.07, 6.45) is 4.24. The fourth-order valence-electron chi connectivity index (χ4n) is 1.51. The summed E-state index contributed by atoms with van der Waals surface area (Å²) >= 11 is 4.00. The van der Waals surface area contributed by atoms with Crippen LogP contribution in [0.2, 0.25) is 0 Å². The summed E-state index contributed by atoms with van der Waals surface area (Å²) in [5, 5.41) is 1.74. The van der Waals surface area contributed by atoms with E-state index in [4.69, 9.17) is 0 Å². The third-order valence-electron chi connectivity index (χ3n) is 2.64. The minimum absolute atomic E-state index is 0.748. The standard InChI is InChI=1S/C11H16S/c1-8(6-7-12)4-5-11-9(2)10(11)3/h6-7,10-12H,1-2,4-5H2,3H3/b7-6+. The first-order valence-electron chi connectivity index (χ1n) is 4.34. The third-order valence-corrected chi connectivity index (χ3v) is 2.79. The molecule has 1 saturated carbocycles. The van der Waals surface area contributed by atoms with E-state index in [2.05, 4.69) is 32.7 Å². The number of rotatable bonds is 4. The predicted molar refractivity (Wildman–Crippen MR) is 58.3 cm³/mol. The van der Waals surface area contributed by atoms with Crippen molar-refractivity contribution >= 4 is 12.6 Å². The predicted octanol–water partition coefficient (Wildman–Crippen LogP) is 3.59. The Morgan fingerprint density at radius 2 is 2.25 bits per heavy atom. The van der Waals surface area contributed by atoms with Crippen molar-refractivity contribution in [2.45, 2.75) is 19.8 Å². The highest BCUT2D eigenvalue weighted by Gasteiger charge is 2.36. The molecule has 0 N–H and O–H groups in total. The second-order valence-corrected chi connectivity index (χ2v) is 3.78. The van der Waals surface area contributed by atoms with Gasteiger partial charge in [-0.15, -0.1) is 0 Å². The summed E-state index contributed by atoms with van der Waals surface area (Å²) in [5.74, 6) is 1.51. The highest BCUT2D eigenvalue weighted by molar-refractivity contribution is 7.83. The normalized spacial score (nSPS) is 28.0. The molecule has 2 atom stereocenters. The minimum atomic E-state index is 0.748. The van der Waals surface area contributed by atoms with E-state index < -0.39 is 0 Å². The number of allylic oxidation sites excluding steroid dienone is 3. The van der Waals surface area contributed by atoms with E-state index in [1.54, 1.807) is 5.41 Å². The molecule has 2 unspecified atom stereocenters. The zero-order valence-corrected chi connectivity index (χ0v) is 8.48. The Morgan fingerprint density at radius 3 is 2.67 bits per heavy atom. The first-order valence-corrected chi connectivity index (χ1v) is 4.85. The van der Waals surface area contributed by atoms with Crippen molar-refractivity contribution in [1.29, 1.82) is 0 Å². The van der Waals surface area contributed by atoms with E-state index in [0.29, 0.717) is 0 Å². The van der Waals surface area contributed by atoms with E-state index in [0.717, 1.165) is 23.8 Å². The second-order valence-electron chi connectivity index (χ2n) is 3.48. The fourth-order valence-corrected chi connectivity index (χ4v) is 1.72. The number of hydrogen-bond donors (Lipinski definition) is 1. The van der Waals surface area contributed by atoms with E-state index in [-0.39, 0.29) is 0 Å². The largest absolute Gasteiger partial charge is 0.151 e. The Bertz CT molecular complexity index is 225. The molecule has 0 bridgehead atoms. The van der Waals surface area contributed by atoms with Gasteiger partial charge in [0.2, 0.25) is 0 Å². The highest BCUT2D eigenvalue weighted by atomic mass is 32.1. The van der Waals surface area contributed by atoms with Crippen LogP contribution in [0, 0.1) is 11.8 Å². The van der Waals surface area contributed by atoms with Gasteiger partial charge >= 0.3 is 0 Å². The summed E-state index contributed by atoms with van der Waals surface area (Å²) in [6, 6.07) is 0. The molecule has 0 aromatic heterocycles. The van der Waals surface area contributed by atoms with Crippen LogP contribution in [-0.2, 0) is 0 Å². The zero-order chi connectivity index (χ0) is 9.14. The first-order chi connectivity index (χ1) is 5.66. The monoisotopic (exact) mass is 180 g/mol. The van der Waals surface area contributed by atoms with E-state index in [9.17, 15) is 0 Å². The van der Waals surface area contributed by atoms with Crippen molar-refractivity contribution in [2.75, 3.05) is 0 Å². The quantitative estimate of drug-likeness (QED) is 0.381. The number of hydrogen-bond acceptors (Lipinski definition) is 1. The lowest BCUT2D eigenvalue weighted by Gasteiger charge is -1.97. The fraction of sp³-hybridized carbons (Fsp3) is 0.455. The molecule has 12 heavy (non-hydrogen) atoms. The molecular weight excluding hydrogens is 164 g/mol. The molecular formula is C11H16S. The van der Waals surface area contributed by atoms with E-state index in [1.165, 1.54) is 12.0 Å². The smallest absolute Gasteiger partial charge is 0.0137 e. The van der Waals surface area contributed by atoms with Gasteiger partial charge in [-0.3, -0.25) is 0 Å². The Hall–Kier alpha value is -0.430. The lowest BCUT2D eigenvalue weighted by atomic mass is 10.1. The van der Waals surface area contributed by atoms with Gasteiger partial charge in [0.05, 0.1) is 0 Å². The zero-order valence-electron chi connectivity index (χ0n) is 7.59. The SMILES string of the molecule is C=C(/C=C/S)CCC1C(=C)C1C. The van der Waals surface area contributed by atoms with Gasteiger partial charge in [0.1, 0.15) is 0 Å². The summed E-state index contributed by atoms with van der Waals surface area (Å²) in [5.41, 5.74) is 2.58. The van der Waals surface area contributed by atoms with Crippen LogP contribution in [-0.4, -0.2) is 0 Å². The van der Waals surface area contributed by atoms with Crippen LogP contribution in [0.1, 0.15) is 19.8 Å². The maximum Gasteiger partial charge on any atom is -0.0137 e. The Morgan fingerprint density at radius 1 is 1.67 bits per heavy atom. The summed E-state index contributed by atoms with van der Waals surface area (Å²) in [6.45, 7) is 10.2. The summed E-state index contributed by atoms with van der Waals surface area (Å²) < 4.78 is 0. The molecule has 0 amide bonds. The van der Waals surface area contributed by atoms with Crippen molar-refractivity contribution in [2.24, 2.45) is 11.8 Å². The van der Waals surface area contributed by atoms with Gasteiger partial charge in [0.25, 0.3) is 0 Å². The highest BCUT2D eigenvalue weighted by Crippen LogP contribution is 2.47. The Kier molecular flexibility index (Phi) is 3.21. The summed E-state index contributed by atoms with van der Waals surface area (Å²) in [4.78, 5) is 0.